The third-order valence-electron chi connectivity index (χ3n) is 6.19. The lowest BCUT2D eigenvalue weighted by molar-refractivity contribution is -0.119. The molecule has 0 bridgehead atoms. The summed E-state index contributed by atoms with van der Waals surface area (Å²) in [6.45, 7) is 2.50. The van der Waals surface area contributed by atoms with E-state index >= 15 is 0 Å². The van der Waals surface area contributed by atoms with Crippen LogP contribution in [0.15, 0.2) is 47.7 Å². The van der Waals surface area contributed by atoms with Crippen LogP contribution < -0.4 is 23.8 Å². The highest BCUT2D eigenvalue weighted by molar-refractivity contribution is 6.07. The van der Waals surface area contributed by atoms with Crippen LogP contribution in [0.25, 0.3) is 0 Å². The van der Waals surface area contributed by atoms with E-state index < -0.39 is 5.92 Å². The third kappa shape index (κ3) is 4.15. The Morgan fingerprint density at radius 1 is 0.909 bits per heavy atom. The Morgan fingerprint density at radius 3 is 2.21 bits per heavy atom. The number of allylic oxidation sites excluding steroid dienone is 2. The number of benzene rings is 2. The fourth-order valence-corrected chi connectivity index (χ4v) is 4.74. The molecule has 1 heterocycles. The Kier molecular flexibility index (Phi) is 6.58. The van der Waals surface area contributed by atoms with Crippen LogP contribution in [0.3, 0.4) is 0 Å². The van der Waals surface area contributed by atoms with Gasteiger partial charge in [-0.2, -0.15) is 0 Å². The number of methoxy groups -OCH3 is 3. The quantitative estimate of drug-likeness (QED) is 0.611. The van der Waals surface area contributed by atoms with Crippen molar-refractivity contribution in [3.63, 3.8) is 0 Å². The number of hydrogen-bond acceptors (Lipinski definition) is 6. The minimum Gasteiger partial charge on any atom is -0.496 e. The van der Waals surface area contributed by atoms with E-state index in [1.807, 2.05) is 37.3 Å². The summed E-state index contributed by atoms with van der Waals surface area (Å²) in [7, 11) is 4.69. The zero-order valence-electron chi connectivity index (χ0n) is 19.5. The molecule has 0 saturated heterocycles. The number of Topliss-reactive ketones (excluding diaryl/α,β-unsaturated/α-hetero) is 1. The lowest BCUT2D eigenvalue weighted by Gasteiger charge is -2.38. The SMILES string of the molecule is CCOc1ccc(N2C(=O)CC(c3cc(OC)c(OC)cc3OC)C3=C2CCCC3=O)cc1. The van der Waals surface area contributed by atoms with E-state index in [0.29, 0.717) is 48.7 Å². The molecule has 4 rings (SSSR count). The van der Waals surface area contributed by atoms with Crippen LogP contribution in [0, 0.1) is 0 Å². The average molecular weight is 452 g/mol. The lowest BCUT2D eigenvalue weighted by atomic mass is 9.76. The fraction of sp³-hybridized carbons (Fsp3) is 0.385. The number of amides is 1. The van der Waals surface area contributed by atoms with Gasteiger partial charge in [-0.1, -0.05) is 0 Å². The molecule has 174 valence electrons. The summed E-state index contributed by atoms with van der Waals surface area (Å²) < 4.78 is 22.1. The topological polar surface area (TPSA) is 74.3 Å². The molecule has 0 N–H and O–H groups in total. The Hall–Kier alpha value is -3.48. The van der Waals surface area contributed by atoms with Gasteiger partial charge in [0.1, 0.15) is 11.5 Å². The van der Waals surface area contributed by atoms with Crippen molar-refractivity contribution in [3.8, 4) is 23.0 Å². The van der Waals surface area contributed by atoms with E-state index in [2.05, 4.69) is 0 Å². The molecule has 33 heavy (non-hydrogen) atoms. The highest BCUT2D eigenvalue weighted by Gasteiger charge is 2.41. The smallest absolute Gasteiger partial charge is 0.232 e. The van der Waals surface area contributed by atoms with E-state index in [1.54, 1.807) is 32.3 Å². The van der Waals surface area contributed by atoms with Crippen LogP contribution in [-0.4, -0.2) is 39.6 Å². The van der Waals surface area contributed by atoms with Crippen LogP contribution in [0.4, 0.5) is 5.69 Å². The molecular weight excluding hydrogens is 422 g/mol. The molecule has 0 saturated carbocycles. The van der Waals surface area contributed by atoms with Gasteiger partial charge in [-0.05, 0) is 50.1 Å². The number of hydrogen-bond donors (Lipinski definition) is 0. The number of carbonyl (C=O) groups is 2. The number of rotatable bonds is 7. The second-order valence-electron chi connectivity index (χ2n) is 8.00. The Bertz CT molecular complexity index is 1090. The van der Waals surface area contributed by atoms with Crippen molar-refractivity contribution >= 4 is 17.4 Å². The summed E-state index contributed by atoms with van der Waals surface area (Å²) in [5.74, 6) is 1.96. The van der Waals surface area contributed by atoms with Crippen LogP contribution >= 0.6 is 0 Å². The molecule has 0 spiro atoms. The van der Waals surface area contributed by atoms with Crippen molar-refractivity contribution in [1.29, 1.82) is 0 Å². The molecule has 1 aliphatic heterocycles. The Balaban J connectivity index is 1.84. The van der Waals surface area contributed by atoms with Crippen LogP contribution in [-0.2, 0) is 9.59 Å². The molecule has 0 radical (unpaired) electrons. The van der Waals surface area contributed by atoms with Gasteiger partial charge in [0.15, 0.2) is 17.3 Å². The van der Waals surface area contributed by atoms with Crippen molar-refractivity contribution < 1.29 is 28.5 Å². The van der Waals surface area contributed by atoms with Crippen LogP contribution in [0.2, 0.25) is 0 Å². The first kappa shape index (κ1) is 22.7. The molecular formula is C26H29NO6. The van der Waals surface area contributed by atoms with E-state index in [9.17, 15) is 9.59 Å². The summed E-state index contributed by atoms with van der Waals surface area (Å²) in [6.07, 6.45) is 2.00. The number of carbonyl (C=O) groups excluding carboxylic acids is 2. The van der Waals surface area contributed by atoms with E-state index in [1.165, 1.54) is 0 Å². The number of nitrogens with zero attached hydrogens (tertiary/aromatic N) is 1. The Morgan fingerprint density at radius 2 is 1.58 bits per heavy atom. The van der Waals surface area contributed by atoms with Gasteiger partial charge in [0.2, 0.25) is 5.91 Å². The van der Waals surface area contributed by atoms with Crippen molar-refractivity contribution in [2.24, 2.45) is 0 Å². The highest BCUT2D eigenvalue weighted by Crippen LogP contribution is 2.48. The molecule has 2 aliphatic rings. The Labute approximate surface area is 193 Å². The van der Waals surface area contributed by atoms with Gasteiger partial charge in [-0.15, -0.1) is 0 Å². The molecule has 2 aromatic rings. The van der Waals surface area contributed by atoms with Crippen molar-refractivity contribution in [2.75, 3.05) is 32.8 Å². The maximum Gasteiger partial charge on any atom is 0.232 e. The minimum atomic E-state index is -0.408. The molecule has 2 aromatic carbocycles. The summed E-state index contributed by atoms with van der Waals surface area (Å²) >= 11 is 0. The first-order valence-electron chi connectivity index (χ1n) is 11.1. The summed E-state index contributed by atoms with van der Waals surface area (Å²) in [5.41, 5.74) is 2.94. The second kappa shape index (κ2) is 9.57. The predicted molar refractivity (Wildman–Crippen MR) is 124 cm³/mol. The van der Waals surface area contributed by atoms with E-state index in [4.69, 9.17) is 18.9 Å². The van der Waals surface area contributed by atoms with Gasteiger partial charge in [0.05, 0.1) is 27.9 Å². The van der Waals surface area contributed by atoms with Gasteiger partial charge in [-0.3, -0.25) is 14.5 Å². The minimum absolute atomic E-state index is 0.0607. The molecule has 7 nitrogen and oxygen atoms in total. The number of anilines is 1. The summed E-state index contributed by atoms with van der Waals surface area (Å²) in [5, 5.41) is 0. The highest BCUT2D eigenvalue weighted by atomic mass is 16.5. The largest absolute Gasteiger partial charge is 0.496 e. The normalized spacial score (nSPS) is 18.2. The first-order chi connectivity index (χ1) is 16.0. The molecule has 1 atom stereocenters. The predicted octanol–water partition coefficient (Wildman–Crippen LogP) is 4.64. The van der Waals surface area contributed by atoms with Gasteiger partial charge >= 0.3 is 0 Å². The average Bonchev–Trinajstić information content (AvgIpc) is 2.83. The second-order valence-corrected chi connectivity index (χ2v) is 8.00. The van der Waals surface area contributed by atoms with Crippen molar-refractivity contribution in [3.05, 3.63) is 53.2 Å². The molecule has 0 aromatic heterocycles. The first-order valence-corrected chi connectivity index (χ1v) is 11.1. The van der Waals surface area contributed by atoms with Crippen molar-refractivity contribution in [1.82, 2.24) is 0 Å². The summed E-state index contributed by atoms with van der Waals surface area (Å²) in [6, 6.07) is 11.0. The molecule has 1 unspecified atom stereocenters. The number of ketones is 1. The van der Waals surface area contributed by atoms with E-state index in [-0.39, 0.29) is 18.1 Å². The summed E-state index contributed by atoms with van der Waals surface area (Å²) in [4.78, 5) is 28.4. The molecule has 0 fully saturated rings. The van der Waals surface area contributed by atoms with Gasteiger partial charge in [0.25, 0.3) is 0 Å². The number of ether oxygens (including phenoxy) is 4. The van der Waals surface area contributed by atoms with Crippen LogP contribution in [0.1, 0.15) is 44.1 Å². The lowest BCUT2D eigenvalue weighted by Crippen LogP contribution is -2.40. The zero-order valence-corrected chi connectivity index (χ0v) is 19.5. The molecule has 1 amide bonds. The monoisotopic (exact) mass is 451 g/mol. The van der Waals surface area contributed by atoms with Gasteiger partial charge in [-0.25, -0.2) is 0 Å². The van der Waals surface area contributed by atoms with E-state index in [0.717, 1.165) is 22.7 Å². The zero-order chi connectivity index (χ0) is 23.5. The molecule has 7 heteroatoms. The fourth-order valence-electron chi connectivity index (χ4n) is 4.74. The maximum atomic E-state index is 13.5. The van der Waals surface area contributed by atoms with Crippen LogP contribution in [0.5, 0.6) is 23.0 Å². The standard InChI is InChI=1S/C26H29NO6/c1-5-33-17-11-9-16(10-12-17)27-20-7-6-8-21(28)26(20)19(14-25(27)29)18-13-23(31-3)24(32-4)15-22(18)30-2/h9-13,15,19H,5-8,14H2,1-4H3. The molecule has 1 aliphatic carbocycles. The van der Waals surface area contributed by atoms with Crippen molar-refractivity contribution in [2.45, 2.75) is 38.5 Å². The van der Waals surface area contributed by atoms with Gasteiger partial charge in [0, 0.05) is 47.3 Å². The van der Waals surface area contributed by atoms with Gasteiger partial charge < -0.3 is 18.9 Å². The third-order valence-corrected chi connectivity index (χ3v) is 6.19. The maximum absolute atomic E-state index is 13.5.